The summed E-state index contributed by atoms with van der Waals surface area (Å²) in [5.41, 5.74) is 8.31. The van der Waals surface area contributed by atoms with Crippen LogP contribution in [0.3, 0.4) is 0 Å². The predicted molar refractivity (Wildman–Crippen MR) is 146 cm³/mol. The van der Waals surface area contributed by atoms with Crippen LogP contribution in [-0.4, -0.2) is 87.7 Å². The van der Waals surface area contributed by atoms with Gasteiger partial charge in [0.1, 0.15) is 11.6 Å². The molecule has 6 rings (SSSR count). The molecule has 3 aromatic rings. The van der Waals surface area contributed by atoms with E-state index in [9.17, 15) is 5.11 Å². The molecule has 10 heteroatoms. The van der Waals surface area contributed by atoms with E-state index < -0.39 is 0 Å². The Hall–Kier alpha value is -3.94. The third-order valence-electron chi connectivity index (χ3n) is 7.71. The van der Waals surface area contributed by atoms with E-state index in [0.717, 1.165) is 63.7 Å². The fraction of sp³-hybridized carbons (Fsp3) is 0.429. The van der Waals surface area contributed by atoms with Gasteiger partial charge >= 0.3 is 0 Å². The molecule has 1 aromatic carbocycles. The normalized spacial score (nSPS) is 23.2. The SMILES string of the molecule is C[C@@H]1CCN(c2cc(-c3ccccc3O)nnc2N)CCN1c1ccnc(C#CCN2C[C@@H]3C[C@H]2CO3)n1. The molecule has 10 nitrogen and oxygen atoms in total. The molecule has 0 radical (unpaired) electrons. The number of aromatic hydroxyl groups is 1. The highest BCUT2D eigenvalue weighted by atomic mass is 16.5. The smallest absolute Gasteiger partial charge is 0.206 e. The second-order valence-electron chi connectivity index (χ2n) is 10.1. The monoisotopic (exact) mass is 512 g/mol. The Bertz CT molecular complexity index is 1370. The Kier molecular flexibility index (Phi) is 6.70. The van der Waals surface area contributed by atoms with Crippen LogP contribution in [0.15, 0.2) is 42.6 Å². The van der Waals surface area contributed by atoms with Gasteiger partial charge in [0.25, 0.3) is 0 Å². The maximum Gasteiger partial charge on any atom is 0.206 e. The van der Waals surface area contributed by atoms with Gasteiger partial charge in [-0.15, -0.1) is 10.2 Å². The summed E-state index contributed by atoms with van der Waals surface area (Å²) in [7, 11) is 0. The van der Waals surface area contributed by atoms with Gasteiger partial charge in [0.15, 0.2) is 5.82 Å². The summed E-state index contributed by atoms with van der Waals surface area (Å²) in [6, 6.07) is 11.7. The number of morpholine rings is 1. The molecule has 0 unspecified atom stereocenters. The molecule has 5 heterocycles. The van der Waals surface area contributed by atoms with Crippen LogP contribution in [0.5, 0.6) is 5.75 Å². The number of hydrogen-bond donors (Lipinski definition) is 2. The molecule has 3 N–H and O–H groups in total. The van der Waals surface area contributed by atoms with Crippen LogP contribution in [0.2, 0.25) is 0 Å². The molecule has 3 atom stereocenters. The second kappa shape index (κ2) is 10.4. The molecule has 196 valence electrons. The van der Waals surface area contributed by atoms with Crippen molar-refractivity contribution in [2.75, 3.05) is 54.9 Å². The summed E-state index contributed by atoms with van der Waals surface area (Å²) in [6.07, 6.45) is 4.20. The number of phenols is 1. The van der Waals surface area contributed by atoms with Gasteiger partial charge in [0.2, 0.25) is 5.82 Å². The van der Waals surface area contributed by atoms with Crippen molar-refractivity contribution in [3.63, 3.8) is 0 Å². The van der Waals surface area contributed by atoms with E-state index >= 15 is 0 Å². The minimum Gasteiger partial charge on any atom is -0.507 e. The van der Waals surface area contributed by atoms with Crippen molar-refractivity contribution in [2.24, 2.45) is 0 Å². The van der Waals surface area contributed by atoms with Crippen LogP contribution in [0.1, 0.15) is 25.6 Å². The number of nitrogens with zero attached hydrogens (tertiary/aromatic N) is 7. The van der Waals surface area contributed by atoms with Crippen LogP contribution in [-0.2, 0) is 4.74 Å². The second-order valence-corrected chi connectivity index (χ2v) is 10.1. The molecule has 2 aromatic heterocycles. The van der Waals surface area contributed by atoms with Crippen LogP contribution in [0, 0.1) is 11.8 Å². The molecule has 3 saturated heterocycles. The maximum atomic E-state index is 10.3. The summed E-state index contributed by atoms with van der Waals surface area (Å²) in [6.45, 7) is 7.03. The van der Waals surface area contributed by atoms with Gasteiger partial charge in [0.05, 0.1) is 30.6 Å². The number of nitrogen functional groups attached to an aromatic ring is 1. The van der Waals surface area contributed by atoms with Crippen molar-refractivity contribution in [1.82, 2.24) is 25.1 Å². The molecule has 2 bridgehead atoms. The van der Waals surface area contributed by atoms with E-state index in [1.807, 2.05) is 24.3 Å². The van der Waals surface area contributed by atoms with Gasteiger partial charge in [-0.3, -0.25) is 4.90 Å². The van der Waals surface area contributed by atoms with Crippen molar-refractivity contribution >= 4 is 17.3 Å². The molecular weight excluding hydrogens is 480 g/mol. The van der Waals surface area contributed by atoms with E-state index in [0.29, 0.717) is 35.0 Å². The number of anilines is 3. The summed E-state index contributed by atoms with van der Waals surface area (Å²) in [4.78, 5) is 16.1. The van der Waals surface area contributed by atoms with Crippen LogP contribution >= 0.6 is 0 Å². The highest BCUT2D eigenvalue weighted by Gasteiger charge is 2.38. The topological polar surface area (TPSA) is 117 Å². The first-order chi connectivity index (χ1) is 18.5. The number of fused-ring (bicyclic) bond motifs is 2. The Labute approximate surface area is 222 Å². The van der Waals surface area contributed by atoms with Crippen molar-refractivity contribution in [1.29, 1.82) is 0 Å². The number of ether oxygens (including phenoxy) is 1. The molecule has 3 fully saturated rings. The van der Waals surface area contributed by atoms with Gasteiger partial charge in [0, 0.05) is 50.0 Å². The Morgan fingerprint density at radius 2 is 2.05 bits per heavy atom. The van der Waals surface area contributed by atoms with Crippen molar-refractivity contribution in [3.8, 4) is 28.8 Å². The van der Waals surface area contributed by atoms with Crippen LogP contribution < -0.4 is 15.5 Å². The van der Waals surface area contributed by atoms with E-state index in [4.69, 9.17) is 15.5 Å². The van der Waals surface area contributed by atoms with Crippen molar-refractivity contribution in [3.05, 3.63) is 48.4 Å². The van der Waals surface area contributed by atoms with Crippen LogP contribution in [0.25, 0.3) is 11.3 Å². The molecule has 3 aliphatic rings. The molecule has 0 amide bonds. The van der Waals surface area contributed by atoms with Crippen LogP contribution in [0.4, 0.5) is 17.3 Å². The zero-order chi connectivity index (χ0) is 26.1. The largest absolute Gasteiger partial charge is 0.507 e. The highest BCUT2D eigenvalue weighted by Crippen LogP contribution is 2.32. The van der Waals surface area contributed by atoms with Crippen molar-refractivity contribution in [2.45, 2.75) is 38.0 Å². The minimum atomic E-state index is 0.164. The molecule has 3 aliphatic heterocycles. The van der Waals surface area contributed by atoms with Gasteiger partial charge in [-0.25, -0.2) is 9.97 Å². The van der Waals surface area contributed by atoms with E-state index in [1.54, 1.807) is 18.3 Å². The number of rotatable bonds is 4. The quantitative estimate of drug-likeness (QED) is 0.504. The molecule has 0 spiro atoms. The van der Waals surface area contributed by atoms with Gasteiger partial charge in [-0.05, 0) is 50.0 Å². The zero-order valence-corrected chi connectivity index (χ0v) is 21.5. The van der Waals surface area contributed by atoms with Gasteiger partial charge in [-0.1, -0.05) is 18.1 Å². The molecular formula is C28H32N8O2. The first-order valence-electron chi connectivity index (χ1n) is 13.2. The number of hydrogen-bond acceptors (Lipinski definition) is 10. The Morgan fingerprint density at radius 3 is 2.87 bits per heavy atom. The van der Waals surface area contributed by atoms with Gasteiger partial charge < -0.3 is 25.4 Å². The number of phenolic OH excluding ortho intramolecular Hbond substituents is 1. The number of aromatic nitrogens is 4. The van der Waals surface area contributed by atoms with E-state index in [1.165, 1.54) is 0 Å². The number of nitrogens with two attached hydrogens (primary N) is 1. The highest BCUT2D eigenvalue weighted by molar-refractivity contribution is 5.74. The number of benzene rings is 1. The maximum absolute atomic E-state index is 10.3. The lowest BCUT2D eigenvalue weighted by Crippen LogP contribution is -2.37. The lowest BCUT2D eigenvalue weighted by Gasteiger charge is -2.28. The standard InChI is InChI=1S/C28H32N8O2/c1-19-9-12-34(24-16-23(32-33-28(24)29)22-5-2-3-6-25(22)37)13-14-36(19)27-8-10-30-26(31-27)7-4-11-35-17-21-15-20(35)18-38-21/h2-3,5-6,8,10,16,19-21,37H,9,11-15,17-18H2,1H3,(H2,29,33)/t19-,20+,21+/m1/s1. The number of likely N-dealkylation sites (tertiary alicyclic amines) is 1. The summed E-state index contributed by atoms with van der Waals surface area (Å²) in [5, 5.41) is 18.7. The average Bonchev–Trinajstić information content (AvgIpc) is 3.50. The zero-order valence-electron chi connectivity index (χ0n) is 21.5. The third-order valence-corrected chi connectivity index (χ3v) is 7.71. The van der Waals surface area contributed by atoms with Crippen molar-refractivity contribution < 1.29 is 9.84 Å². The predicted octanol–water partition coefficient (Wildman–Crippen LogP) is 2.15. The fourth-order valence-electron chi connectivity index (χ4n) is 5.57. The lowest BCUT2D eigenvalue weighted by atomic mass is 10.1. The first kappa shape index (κ1) is 24.4. The molecule has 0 aliphatic carbocycles. The summed E-state index contributed by atoms with van der Waals surface area (Å²) in [5.74, 6) is 8.40. The van der Waals surface area contributed by atoms with E-state index in [2.05, 4.69) is 48.6 Å². The Balaban J connectivity index is 1.16. The van der Waals surface area contributed by atoms with Gasteiger partial charge in [-0.2, -0.15) is 0 Å². The lowest BCUT2D eigenvalue weighted by molar-refractivity contribution is 0.0363. The summed E-state index contributed by atoms with van der Waals surface area (Å²) >= 11 is 0. The minimum absolute atomic E-state index is 0.164. The average molecular weight is 513 g/mol. The number of para-hydroxylation sites is 1. The fourth-order valence-corrected chi connectivity index (χ4v) is 5.57. The first-order valence-corrected chi connectivity index (χ1v) is 13.2. The third kappa shape index (κ3) is 4.95. The van der Waals surface area contributed by atoms with E-state index in [-0.39, 0.29) is 11.8 Å². The summed E-state index contributed by atoms with van der Waals surface area (Å²) < 4.78 is 5.68. The molecule has 38 heavy (non-hydrogen) atoms. The molecule has 0 saturated carbocycles. The Morgan fingerprint density at radius 1 is 1.16 bits per heavy atom.